The predicted octanol–water partition coefficient (Wildman–Crippen LogP) is 3.50. The Hall–Kier alpha value is -2.64. The number of ether oxygens (including phenoxy) is 2. The minimum Gasteiger partial charge on any atom is -0.450 e. The van der Waals surface area contributed by atoms with Crippen molar-refractivity contribution in [3.05, 3.63) is 58.0 Å². The van der Waals surface area contributed by atoms with Crippen LogP contribution in [0.2, 0.25) is 0 Å². The quantitative estimate of drug-likeness (QED) is 0.612. The number of rotatable bonds is 8. The molecule has 0 radical (unpaired) electrons. The summed E-state index contributed by atoms with van der Waals surface area (Å²) in [6.45, 7) is 2.67. The van der Waals surface area contributed by atoms with Gasteiger partial charge < -0.3 is 19.2 Å². The fraction of sp³-hybridized carbons (Fsp3) is 0.263. The van der Waals surface area contributed by atoms with Gasteiger partial charge in [0.15, 0.2) is 6.61 Å². The van der Waals surface area contributed by atoms with Gasteiger partial charge in [0.25, 0.3) is 5.91 Å². The molecular formula is C19H19NO5S. The Labute approximate surface area is 154 Å². The van der Waals surface area contributed by atoms with Crippen LogP contribution < -0.4 is 5.32 Å². The first-order valence-electron chi connectivity index (χ1n) is 8.23. The average Bonchev–Trinajstić information content (AvgIpc) is 3.30. The fourth-order valence-corrected chi connectivity index (χ4v) is 3.10. The molecule has 1 amide bonds. The van der Waals surface area contributed by atoms with Crippen LogP contribution in [0.5, 0.6) is 0 Å². The molecule has 0 aliphatic carbocycles. The number of hydrogen-bond acceptors (Lipinski definition) is 6. The van der Waals surface area contributed by atoms with Gasteiger partial charge in [-0.25, -0.2) is 4.79 Å². The van der Waals surface area contributed by atoms with Gasteiger partial charge in [-0.1, -0.05) is 24.3 Å². The Balaban J connectivity index is 1.64. The van der Waals surface area contributed by atoms with Crippen molar-refractivity contribution in [1.29, 1.82) is 0 Å². The molecule has 1 N–H and O–H groups in total. The van der Waals surface area contributed by atoms with Gasteiger partial charge in [-0.2, -0.15) is 0 Å². The Kier molecular flexibility index (Phi) is 6.04. The highest BCUT2D eigenvalue weighted by Crippen LogP contribution is 2.27. The molecule has 0 unspecified atom stereocenters. The summed E-state index contributed by atoms with van der Waals surface area (Å²) in [7, 11) is 0. The van der Waals surface area contributed by atoms with E-state index < -0.39 is 5.97 Å². The Bertz CT molecular complexity index is 885. The Morgan fingerprint density at radius 3 is 2.81 bits per heavy atom. The lowest BCUT2D eigenvalue weighted by molar-refractivity contribution is -0.124. The van der Waals surface area contributed by atoms with Gasteiger partial charge in [0.2, 0.25) is 5.76 Å². The summed E-state index contributed by atoms with van der Waals surface area (Å²) in [4.78, 5) is 25.3. The summed E-state index contributed by atoms with van der Waals surface area (Å²) in [6, 6.07) is 11.1. The van der Waals surface area contributed by atoms with Gasteiger partial charge in [-0.3, -0.25) is 4.79 Å². The predicted molar refractivity (Wildman–Crippen MR) is 98.0 cm³/mol. The third-order valence-corrected chi connectivity index (χ3v) is 4.58. The molecule has 6 nitrogen and oxygen atoms in total. The molecule has 2 heterocycles. The summed E-state index contributed by atoms with van der Waals surface area (Å²) in [5, 5.41) is 5.44. The molecule has 0 atom stereocenters. The minimum absolute atomic E-state index is 0.0747. The second-order valence-electron chi connectivity index (χ2n) is 5.48. The van der Waals surface area contributed by atoms with E-state index in [-0.39, 0.29) is 24.9 Å². The first kappa shape index (κ1) is 18.2. The molecule has 0 spiro atoms. The second kappa shape index (κ2) is 8.64. The van der Waals surface area contributed by atoms with E-state index in [4.69, 9.17) is 13.9 Å². The van der Waals surface area contributed by atoms with E-state index in [9.17, 15) is 9.59 Å². The standard InChI is InChI=1S/C19H19NO5S/c1-2-23-11-15-14-7-3-4-8-16(14)25-18(15)19(22)24-12-17(21)20-10-13-6-5-9-26-13/h3-9H,2,10-12H2,1H3,(H,20,21). The highest BCUT2D eigenvalue weighted by molar-refractivity contribution is 7.09. The number of esters is 1. The first-order chi connectivity index (χ1) is 12.7. The normalized spacial score (nSPS) is 10.8. The molecule has 0 saturated carbocycles. The van der Waals surface area contributed by atoms with Crippen LogP contribution in [0.3, 0.4) is 0 Å². The van der Waals surface area contributed by atoms with Crippen molar-refractivity contribution in [3.8, 4) is 0 Å². The number of amides is 1. The molecule has 26 heavy (non-hydrogen) atoms. The summed E-state index contributed by atoms with van der Waals surface area (Å²) in [6.07, 6.45) is 0. The zero-order valence-corrected chi connectivity index (χ0v) is 15.1. The summed E-state index contributed by atoms with van der Waals surface area (Å²) >= 11 is 1.55. The molecule has 1 aromatic carbocycles. The van der Waals surface area contributed by atoms with Crippen LogP contribution in [0.1, 0.15) is 27.9 Å². The van der Waals surface area contributed by atoms with Crippen LogP contribution in [0, 0.1) is 0 Å². The van der Waals surface area contributed by atoms with Gasteiger partial charge in [0.1, 0.15) is 5.58 Å². The van der Waals surface area contributed by atoms with Crippen LogP contribution in [-0.4, -0.2) is 25.1 Å². The zero-order chi connectivity index (χ0) is 18.4. The lowest BCUT2D eigenvalue weighted by atomic mass is 10.1. The van der Waals surface area contributed by atoms with E-state index in [0.717, 1.165) is 10.3 Å². The largest absolute Gasteiger partial charge is 0.450 e. The molecule has 0 bridgehead atoms. The monoisotopic (exact) mass is 373 g/mol. The highest BCUT2D eigenvalue weighted by atomic mass is 32.1. The van der Waals surface area contributed by atoms with Crippen molar-refractivity contribution in [2.24, 2.45) is 0 Å². The SMILES string of the molecule is CCOCc1c(C(=O)OCC(=O)NCc2cccs2)oc2ccccc12. The number of hydrogen-bond donors (Lipinski definition) is 1. The molecule has 0 aliphatic heterocycles. The zero-order valence-electron chi connectivity index (χ0n) is 14.3. The number of thiophene rings is 1. The number of carbonyl (C=O) groups excluding carboxylic acids is 2. The van der Waals surface area contributed by atoms with Crippen LogP contribution in [-0.2, 0) is 27.4 Å². The Morgan fingerprint density at radius 2 is 2.04 bits per heavy atom. The topological polar surface area (TPSA) is 77.8 Å². The molecule has 3 aromatic rings. The second-order valence-corrected chi connectivity index (χ2v) is 6.51. The van der Waals surface area contributed by atoms with E-state index in [1.54, 1.807) is 17.4 Å². The third kappa shape index (κ3) is 4.30. The van der Waals surface area contributed by atoms with Crippen molar-refractivity contribution in [1.82, 2.24) is 5.32 Å². The molecule has 7 heteroatoms. The maximum Gasteiger partial charge on any atom is 0.375 e. The van der Waals surface area contributed by atoms with Crippen molar-refractivity contribution in [2.45, 2.75) is 20.1 Å². The molecular weight excluding hydrogens is 354 g/mol. The van der Waals surface area contributed by atoms with Crippen molar-refractivity contribution >= 4 is 34.2 Å². The van der Waals surface area contributed by atoms with E-state index in [0.29, 0.717) is 24.3 Å². The number of para-hydroxylation sites is 1. The molecule has 136 valence electrons. The van der Waals surface area contributed by atoms with Crippen molar-refractivity contribution < 1.29 is 23.5 Å². The van der Waals surface area contributed by atoms with E-state index in [2.05, 4.69) is 5.32 Å². The Morgan fingerprint density at radius 1 is 1.19 bits per heavy atom. The van der Waals surface area contributed by atoms with Gasteiger partial charge in [-0.15, -0.1) is 11.3 Å². The number of furan rings is 1. The van der Waals surface area contributed by atoms with Gasteiger partial charge in [0, 0.05) is 22.4 Å². The van der Waals surface area contributed by atoms with E-state index in [1.165, 1.54) is 0 Å². The summed E-state index contributed by atoms with van der Waals surface area (Å²) < 4.78 is 16.2. The summed E-state index contributed by atoms with van der Waals surface area (Å²) in [5.74, 6) is -0.970. The average molecular weight is 373 g/mol. The van der Waals surface area contributed by atoms with Crippen LogP contribution in [0.4, 0.5) is 0 Å². The van der Waals surface area contributed by atoms with Gasteiger partial charge in [-0.05, 0) is 24.4 Å². The fourth-order valence-electron chi connectivity index (χ4n) is 2.46. The number of fused-ring (bicyclic) bond motifs is 1. The lowest BCUT2D eigenvalue weighted by Crippen LogP contribution is -2.28. The highest BCUT2D eigenvalue weighted by Gasteiger charge is 2.22. The van der Waals surface area contributed by atoms with Gasteiger partial charge in [0.05, 0.1) is 13.2 Å². The molecule has 3 rings (SSSR count). The molecule has 0 fully saturated rings. The van der Waals surface area contributed by atoms with E-state index in [1.807, 2.05) is 42.6 Å². The number of carbonyl (C=O) groups is 2. The number of benzene rings is 1. The van der Waals surface area contributed by atoms with Crippen molar-refractivity contribution in [2.75, 3.05) is 13.2 Å². The van der Waals surface area contributed by atoms with E-state index >= 15 is 0 Å². The maximum atomic E-state index is 12.4. The minimum atomic E-state index is -0.679. The number of nitrogens with one attached hydrogen (secondary N) is 1. The van der Waals surface area contributed by atoms with Crippen LogP contribution in [0.25, 0.3) is 11.0 Å². The third-order valence-electron chi connectivity index (χ3n) is 3.71. The smallest absolute Gasteiger partial charge is 0.375 e. The van der Waals surface area contributed by atoms with Crippen LogP contribution in [0.15, 0.2) is 46.2 Å². The summed E-state index contributed by atoms with van der Waals surface area (Å²) in [5.41, 5.74) is 1.21. The molecule has 2 aromatic heterocycles. The molecule has 0 saturated heterocycles. The molecule has 0 aliphatic rings. The van der Waals surface area contributed by atoms with Crippen LogP contribution >= 0.6 is 11.3 Å². The first-order valence-corrected chi connectivity index (χ1v) is 9.11. The van der Waals surface area contributed by atoms with Gasteiger partial charge >= 0.3 is 5.97 Å². The van der Waals surface area contributed by atoms with Crippen molar-refractivity contribution in [3.63, 3.8) is 0 Å². The lowest BCUT2D eigenvalue weighted by Gasteiger charge is -2.06. The maximum absolute atomic E-state index is 12.4.